The summed E-state index contributed by atoms with van der Waals surface area (Å²) in [4.78, 5) is 12.7. The zero-order valence-electron chi connectivity index (χ0n) is 15.5. The van der Waals surface area contributed by atoms with Gasteiger partial charge in [-0.05, 0) is 55.3 Å². The molecule has 1 amide bonds. The maximum Gasteiger partial charge on any atom is 0.255 e. The lowest BCUT2D eigenvalue weighted by molar-refractivity contribution is 0.102. The van der Waals surface area contributed by atoms with Gasteiger partial charge in [-0.25, -0.2) is 8.42 Å². The number of carbonyl (C=O) groups is 1. The maximum atomic E-state index is 12.8. The molecular formula is C19H25N3O3S. The molecule has 0 radical (unpaired) electrons. The van der Waals surface area contributed by atoms with Gasteiger partial charge in [0.25, 0.3) is 5.91 Å². The normalized spacial score (nSPS) is 11.6. The van der Waals surface area contributed by atoms with E-state index < -0.39 is 10.0 Å². The molecule has 0 bridgehead atoms. The molecule has 0 atom stereocenters. The fourth-order valence-corrected chi connectivity index (χ4v) is 4.26. The van der Waals surface area contributed by atoms with E-state index in [2.05, 4.69) is 5.32 Å². The summed E-state index contributed by atoms with van der Waals surface area (Å²) < 4.78 is 27.0. The van der Waals surface area contributed by atoms with Gasteiger partial charge >= 0.3 is 0 Å². The highest BCUT2D eigenvalue weighted by Crippen LogP contribution is 2.26. The zero-order chi connectivity index (χ0) is 19.5. The first kappa shape index (κ1) is 19.9. The minimum absolute atomic E-state index is 0.173. The fraction of sp³-hybridized carbons (Fsp3) is 0.316. The molecule has 26 heavy (non-hydrogen) atoms. The summed E-state index contributed by atoms with van der Waals surface area (Å²) in [5.74, 6) is -0.336. The van der Waals surface area contributed by atoms with Crippen molar-refractivity contribution in [2.75, 3.05) is 24.1 Å². The van der Waals surface area contributed by atoms with Crippen LogP contribution in [0.15, 0.2) is 41.3 Å². The van der Waals surface area contributed by atoms with Crippen LogP contribution in [-0.2, 0) is 10.0 Å². The van der Waals surface area contributed by atoms with Crippen molar-refractivity contribution in [3.63, 3.8) is 0 Å². The fourth-order valence-electron chi connectivity index (χ4n) is 2.69. The predicted molar refractivity (Wildman–Crippen MR) is 105 cm³/mol. The van der Waals surface area contributed by atoms with Crippen LogP contribution in [-0.4, -0.2) is 31.7 Å². The van der Waals surface area contributed by atoms with Crippen molar-refractivity contribution in [3.8, 4) is 0 Å². The molecule has 0 saturated heterocycles. The van der Waals surface area contributed by atoms with Gasteiger partial charge in [-0.1, -0.05) is 19.9 Å². The minimum atomic E-state index is -3.61. The molecule has 2 aromatic carbocycles. The number of hydrogen-bond donors (Lipinski definition) is 2. The Morgan fingerprint density at radius 1 is 1.12 bits per heavy atom. The second-order valence-electron chi connectivity index (χ2n) is 6.08. The molecule has 0 heterocycles. The topological polar surface area (TPSA) is 92.5 Å². The van der Waals surface area contributed by atoms with Crippen LogP contribution in [0.4, 0.5) is 11.4 Å². The summed E-state index contributed by atoms with van der Waals surface area (Å²) in [6, 6.07) is 9.78. The molecule has 2 rings (SSSR count). The first-order chi connectivity index (χ1) is 12.2. The molecule has 3 N–H and O–H groups in total. The molecule has 0 aliphatic heterocycles. The summed E-state index contributed by atoms with van der Waals surface area (Å²) >= 11 is 0. The van der Waals surface area contributed by atoms with Crippen LogP contribution in [0, 0.1) is 13.8 Å². The van der Waals surface area contributed by atoms with Crippen LogP contribution in [0.5, 0.6) is 0 Å². The van der Waals surface area contributed by atoms with Crippen molar-refractivity contribution in [1.29, 1.82) is 0 Å². The van der Waals surface area contributed by atoms with E-state index >= 15 is 0 Å². The molecule has 2 aromatic rings. The van der Waals surface area contributed by atoms with Crippen molar-refractivity contribution >= 4 is 27.3 Å². The second-order valence-corrected chi connectivity index (χ2v) is 8.02. The third-order valence-electron chi connectivity index (χ3n) is 4.38. The molecule has 0 spiro atoms. The van der Waals surface area contributed by atoms with Crippen LogP contribution < -0.4 is 11.1 Å². The van der Waals surface area contributed by atoms with Crippen LogP contribution in [0.25, 0.3) is 0 Å². The van der Waals surface area contributed by atoms with Gasteiger partial charge in [-0.15, -0.1) is 0 Å². The third-order valence-corrected chi connectivity index (χ3v) is 6.41. The average molecular weight is 375 g/mol. The number of nitrogens with two attached hydrogens (primary N) is 1. The number of anilines is 2. The highest BCUT2D eigenvalue weighted by atomic mass is 32.2. The van der Waals surface area contributed by atoms with E-state index in [1.54, 1.807) is 44.2 Å². The van der Waals surface area contributed by atoms with Crippen LogP contribution >= 0.6 is 0 Å². The van der Waals surface area contributed by atoms with E-state index in [0.717, 1.165) is 11.1 Å². The van der Waals surface area contributed by atoms with Gasteiger partial charge in [0, 0.05) is 30.0 Å². The Labute approximate surface area is 155 Å². The van der Waals surface area contributed by atoms with E-state index in [-0.39, 0.29) is 10.8 Å². The monoisotopic (exact) mass is 375 g/mol. The summed E-state index contributed by atoms with van der Waals surface area (Å²) in [6.45, 7) is 8.04. The van der Waals surface area contributed by atoms with Gasteiger partial charge in [0.05, 0.1) is 4.90 Å². The van der Waals surface area contributed by atoms with E-state index in [1.807, 2.05) is 13.8 Å². The van der Waals surface area contributed by atoms with Crippen LogP contribution in [0.1, 0.15) is 35.3 Å². The molecular weight excluding hydrogens is 350 g/mol. The number of nitrogens with zero attached hydrogens (tertiary/aromatic N) is 1. The largest absolute Gasteiger partial charge is 0.399 e. The Balaban J connectivity index is 2.44. The highest BCUT2D eigenvalue weighted by molar-refractivity contribution is 7.89. The lowest BCUT2D eigenvalue weighted by atomic mass is 10.1. The first-order valence-electron chi connectivity index (χ1n) is 8.49. The van der Waals surface area contributed by atoms with Crippen molar-refractivity contribution in [2.45, 2.75) is 32.6 Å². The van der Waals surface area contributed by atoms with Crippen molar-refractivity contribution in [2.24, 2.45) is 0 Å². The van der Waals surface area contributed by atoms with Crippen molar-refractivity contribution < 1.29 is 13.2 Å². The van der Waals surface area contributed by atoms with E-state index in [0.29, 0.717) is 30.0 Å². The number of rotatable bonds is 6. The molecule has 140 valence electrons. The zero-order valence-corrected chi connectivity index (χ0v) is 16.4. The number of carbonyl (C=O) groups excluding carboxylic acids is 1. The molecule has 0 unspecified atom stereocenters. The lowest BCUT2D eigenvalue weighted by Crippen LogP contribution is -2.30. The van der Waals surface area contributed by atoms with Gasteiger partial charge in [0.15, 0.2) is 0 Å². The number of hydrogen-bond acceptors (Lipinski definition) is 4. The predicted octanol–water partition coefficient (Wildman–Crippen LogP) is 3.17. The Hall–Kier alpha value is -2.38. The van der Waals surface area contributed by atoms with Gasteiger partial charge in [0.2, 0.25) is 10.0 Å². The summed E-state index contributed by atoms with van der Waals surface area (Å²) in [5, 5.41) is 2.80. The van der Waals surface area contributed by atoms with Gasteiger partial charge in [0.1, 0.15) is 0 Å². The van der Waals surface area contributed by atoms with Crippen LogP contribution in [0.2, 0.25) is 0 Å². The van der Waals surface area contributed by atoms with Gasteiger partial charge in [-0.3, -0.25) is 4.79 Å². The summed E-state index contributed by atoms with van der Waals surface area (Å²) in [5.41, 5.74) is 8.72. The smallest absolute Gasteiger partial charge is 0.255 e. The number of amides is 1. The maximum absolute atomic E-state index is 12.8. The van der Waals surface area contributed by atoms with Gasteiger partial charge in [-0.2, -0.15) is 4.31 Å². The molecule has 0 aliphatic rings. The Morgan fingerprint density at radius 2 is 1.77 bits per heavy atom. The number of benzene rings is 2. The third kappa shape index (κ3) is 4.05. The Kier molecular flexibility index (Phi) is 6.05. The standard InChI is InChI=1S/C19H25N3O3S/c1-5-22(6-2)26(24,25)17-10-13(3)14(4)18(12-17)21-19(23)15-8-7-9-16(20)11-15/h7-12H,5-6,20H2,1-4H3,(H,21,23). The lowest BCUT2D eigenvalue weighted by Gasteiger charge is -2.20. The Morgan fingerprint density at radius 3 is 2.35 bits per heavy atom. The molecule has 0 saturated carbocycles. The molecule has 6 nitrogen and oxygen atoms in total. The Bertz CT molecular complexity index is 920. The van der Waals surface area contributed by atoms with Crippen molar-refractivity contribution in [1.82, 2.24) is 4.31 Å². The number of nitrogen functional groups attached to an aromatic ring is 1. The molecule has 0 aliphatic carbocycles. The van der Waals surface area contributed by atoms with Gasteiger partial charge < -0.3 is 11.1 Å². The molecule has 0 fully saturated rings. The number of sulfonamides is 1. The molecule has 0 aromatic heterocycles. The number of aryl methyl sites for hydroxylation is 1. The second kappa shape index (κ2) is 7.88. The average Bonchev–Trinajstić information content (AvgIpc) is 2.59. The SMILES string of the molecule is CCN(CC)S(=O)(=O)c1cc(C)c(C)c(NC(=O)c2cccc(N)c2)c1. The summed E-state index contributed by atoms with van der Waals surface area (Å²) in [7, 11) is -3.61. The highest BCUT2D eigenvalue weighted by Gasteiger charge is 2.23. The molecule has 7 heteroatoms. The van der Waals surface area contributed by atoms with E-state index in [1.165, 1.54) is 10.4 Å². The quantitative estimate of drug-likeness (QED) is 0.759. The number of nitrogens with one attached hydrogen (secondary N) is 1. The first-order valence-corrected chi connectivity index (χ1v) is 9.93. The van der Waals surface area contributed by atoms with Crippen LogP contribution in [0.3, 0.4) is 0 Å². The van der Waals surface area contributed by atoms with Crippen molar-refractivity contribution in [3.05, 3.63) is 53.1 Å². The van der Waals surface area contributed by atoms with E-state index in [9.17, 15) is 13.2 Å². The van der Waals surface area contributed by atoms with E-state index in [4.69, 9.17) is 5.73 Å². The minimum Gasteiger partial charge on any atom is -0.399 e. The summed E-state index contributed by atoms with van der Waals surface area (Å²) in [6.07, 6.45) is 0.